The van der Waals surface area contributed by atoms with E-state index in [4.69, 9.17) is 9.47 Å². The lowest BCUT2D eigenvalue weighted by Crippen LogP contribution is -2.42. The van der Waals surface area contributed by atoms with Crippen molar-refractivity contribution in [2.75, 3.05) is 18.5 Å². The Kier molecular flexibility index (Phi) is 8.83. The fourth-order valence-corrected chi connectivity index (χ4v) is 2.44. The molecule has 0 unspecified atom stereocenters. The van der Waals surface area contributed by atoms with E-state index >= 15 is 0 Å². The van der Waals surface area contributed by atoms with Gasteiger partial charge < -0.3 is 14.8 Å². The Morgan fingerprint density at radius 2 is 1.83 bits per heavy atom. The topological polar surface area (TPSA) is 47.6 Å². The summed E-state index contributed by atoms with van der Waals surface area (Å²) in [4.78, 5) is 12.7. The van der Waals surface area contributed by atoms with Crippen LogP contribution in [0.3, 0.4) is 0 Å². The number of unbranched alkanes of at least 4 members (excludes halogenated alkanes) is 2. The van der Waals surface area contributed by atoms with Crippen LogP contribution in [0.5, 0.6) is 5.75 Å². The summed E-state index contributed by atoms with van der Waals surface area (Å²) in [5.41, 5.74) is -0.0187. The molecule has 0 aliphatic heterocycles. The summed E-state index contributed by atoms with van der Waals surface area (Å²) >= 11 is 0. The van der Waals surface area contributed by atoms with Gasteiger partial charge in [-0.1, -0.05) is 40.0 Å². The number of anilines is 1. The number of nitrogens with one attached hydrogen (secondary N) is 1. The minimum atomic E-state index is -0.781. The van der Waals surface area contributed by atoms with Gasteiger partial charge in [0.2, 0.25) is 0 Å². The lowest BCUT2D eigenvalue weighted by atomic mass is 9.96. The van der Waals surface area contributed by atoms with Crippen LogP contribution in [-0.4, -0.2) is 24.7 Å². The van der Waals surface area contributed by atoms with E-state index in [1.165, 1.54) is 0 Å². The number of carbonyl (C=O) groups is 1. The molecule has 0 heterocycles. The molecule has 1 rings (SSSR count). The van der Waals surface area contributed by atoms with E-state index in [0.717, 1.165) is 37.1 Å². The van der Waals surface area contributed by atoms with E-state index in [1.54, 1.807) is 0 Å². The van der Waals surface area contributed by atoms with Gasteiger partial charge in [-0.25, -0.2) is 0 Å². The molecule has 136 valence electrons. The Morgan fingerprint density at radius 3 is 2.38 bits per heavy atom. The van der Waals surface area contributed by atoms with Crippen LogP contribution in [0.2, 0.25) is 0 Å². The highest BCUT2D eigenvalue weighted by Gasteiger charge is 2.33. The molecule has 1 amide bonds. The normalized spacial score (nSPS) is 13.6. The molecule has 0 radical (unpaired) electrons. The summed E-state index contributed by atoms with van der Waals surface area (Å²) in [6.07, 6.45) is 3.96. The fraction of sp³-hybridized carbons (Fsp3) is 0.650. The van der Waals surface area contributed by atoms with E-state index in [-0.39, 0.29) is 5.91 Å². The highest BCUT2D eigenvalue weighted by molar-refractivity contribution is 5.97. The van der Waals surface area contributed by atoms with Crippen molar-refractivity contribution >= 4 is 11.6 Å². The molecule has 0 aliphatic carbocycles. The molecule has 1 N–H and O–H groups in total. The zero-order chi connectivity index (χ0) is 18.0. The number of rotatable bonds is 11. The smallest absolute Gasteiger partial charge is 0.256 e. The molecule has 4 nitrogen and oxygen atoms in total. The summed E-state index contributed by atoms with van der Waals surface area (Å²) < 4.78 is 11.4. The Morgan fingerprint density at radius 1 is 1.17 bits per heavy atom. The van der Waals surface area contributed by atoms with Crippen molar-refractivity contribution in [2.45, 2.75) is 65.9 Å². The van der Waals surface area contributed by atoms with Gasteiger partial charge in [0.25, 0.3) is 5.91 Å². The van der Waals surface area contributed by atoms with Crippen LogP contribution in [0.15, 0.2) is 24.3 Å². The van der Waals surface area contributed by atoms with E-state index < -0.39 is 5.60 Å². The monoisotopic (exact) mass is 335 g/mol. The molecule has 1 atom stereocenters. The van der Waals surface area contributed by atoms with Crippen LogP contribution in [0.4, 0.5) is 5.69 Å². The Labute approximate surface area is 146 Å². The molecule has 0 saturated heterocycles. The second kappa shape index (κ2) is 10.3. The van der Waals surface area contributed by atoms with Gasteiger partial charge >= 0.3 is 0 Å². The van der Waals surface area contributed by atoms with Gasteiger partial charge in [0.1, 0.15) is 11.4 Å². The molecule has 1 aromatic rings. The van der Waals surface area contributed by atoms with Gasteiger partial charge in [0.05, 0.1) is 6.61 Å². The first-order chi connectivity index (χ1) is 11.4. The van der Waals surface area contributed by atoms with Gasteiger partial charge in [-0.15, -0.1) is 0 Å². The van der Waals surface area contributed by atoms with Gasteiger partial charge in [0, 0.05) is 12.3 Å². The molecule has 0 spiro atoms. The lowest BCUT2D eigenvalue weighted by molar-refractivity contribution is -0.139. The van der Waals surface area contributed by atoms with Crippen LogP contribution < -0.4 is 10.1 Å². The summed E-state index contributed by atoms with van der Waals surface area (Å²) in [5, 5.41) is 2.97. The number of benzene rings is 1. The summed E-state index contributed by atoms with van der Waals surface area (Å²) in [6.45, 7) is 11.4. The van der Waals surface area contributed by atoms with Crippen molar-refractivity contribution in [3.8, 4) is 5.75 Å². The second-order valence-electron chi connectivity index (χ2n) is 6.80. The third kappa shape index (κ3) is 6.91. The molecule has 4 heteroatoms. The number of carbonyl (C=O) groups excluding carboxylic acids is 1. The first kappa shape index (κ1) is 20.5. The predicted octanol–water partition coefficient (Wildman–Crippen LogP) is 5.04. The Bertz CT molecular complexity index is 484. The quantitative estimate of drug-likeness (QED) is 0.577. The number of hydrogen-bond donors (Lipinski definition) is 1. The zero-order valence-corrected chi connectivity index (χ0v) is 15.9. The summed E-state index contributed by atoms with van der Waals surface area (Å²) in [5.74, 6) is 1.22. The van der Waals surface area contributed by atoms with Crippen LogP contribution in [0, 0.1) is 5.92 Å². The average molecular weight is 335 g/mol. The van der Waals surface area contributed by atoms with Gasteiger partial charge in [-0.2, -0.15) is 0 Å². The maximum absolute atomic E-state index is 12.7. The van der Waals surface area contributed by atoms with Crippen LogP contribution >= 0.6 is 0 Å². The van der Waals surface area contributed by atoms with E-state index in [9.17, 15) is 4.79 Å². The Hall–Kier alpha value is -1.55. The maximum atomic E-state index is 12.7. The van der Waals surface area contributed by atoms with Crippen molar-refractivity contribution < 1.29 is 14.3 Å². The number of hydrogen-bond acceptors (Lipinski definition) is 3. The second-order valence-corrected chi connectivity index (χ2v) is 6.80. The van der Waals surface area contributed by atoms with Crippen molar-refractivity contribution in [2.24, 2.45) is 5.92 Å². The first-order valence-corrected chi connectivity index (χ1v) is 9.09. The molecule has 0 saturated carbocycles. The zero-order valence-electron chi connectivity index (χ0n) is 15.9. The van der Waals surface area contributed by atoms with E-state index in [2.05, 4.69) is 26.1 Å². The standard InChI is InChI=1S/C20H33NO3/c1-6-8-9-14-20(5,24-7-2)19(22)21-17-10-12-18(13-11-17)23-15-16(3)4/h10-13,16H,6-9,14-15H2,1-5H3,(H,21,22)/t20-/m1/s1. The third-order valence-electron chi connectivity index (χ3n) is 3.90. The molecule has 0 fully saturated rings. The number of amides is 1. The van der Waals surface area contributed by atoms with Crippen molar-refractivity contribution in [3.63, 3.8) is 0 Å². The highest BCUT2D eigenvalue weighted by Crippen LogP contribution is 2.23. The van der Waals surface area contributed by atoms with Crippen molar-refractivity contribution in [3.05, 3.63) is 24.3 Å². The molecular formula is C20H33NO3. The molecule has 0 aliphatic rings. The first-order valence-electron chi connectivity index (χ1n) is 9.09. The molecule has 0 aromatic heterocycles. The van der Waals surface area contributed by atoms with E-state index in [1.807, 2.05) is 38.1 Å². The van der Waals surface area contributed by atoms with Crippen molar-refractivity contribution in [1.29, 1.82) is 0 Å². The molecular weight excluding hydrogens is 302 g/mol. The molecule has 1 aromatic carbocycles. The largest absolute Gasteiger partial charge is 0.493 e. The van der Waals surface area contributed by atoms with Gasteiger partial charge in [-0.05, 0) is 50.5 Å². The lowest BCUT2D eigenvalue weighted by Gasteiger charge is -2.28. The van der Waals surface area contributed by atoms with E-state index in [0.29, 0.717) is 19.1 Å². The SMILES string of the molecule is CCCCC[C@@](C)(OCC)C(=O)Nc1ccc(OCC(C)C)cc1. The molecule has 0 bridgehead atoms. The highest BCUT2D eigenvalue weighted by atomic mass is 16.5. The minimum absolute atomic E-state index is 0.0868. The van der Waals surface area contributed by atoms with Crippen molar-refractivity contribution in [1.82, 2.24) is 0 Å². The van der Waals surface area contributed by atoms with Crippen LogP contribution in [0.1, 0.15) is 60.3 Å². The third-order valence-corrected chi connectivity index (χ3v) is 3.90. The predicted molar refractivity (Wildman–Crippen MR) is 99.6 cm³/mol. The fourth-order valence-electron chi connectivity index (χ4n) is 2.44. The van der Waals surface area contributed by atoms with Gasteiger partial charge in [-0.3, -0.25) is 4.79 Å². The van der Waals surface area contributed by atoms with Crippen LogP contribution in [-0.2, 0) is 9.53 Å². The van der Waals surface area contributed by atoms with Gasteiger partial charge in [0.15, 0.2) is 0 Å². The molecule has 24 heavy (non-hydrogen) atoms. The summed E-state index contributed by atoms with van der Waals surface area (Å²) in [7, 11) is 0. The van der Waals surface area contributed by atoms with Crippen LogP contribution in [0.25, 0.3) is 0 Å². The average Bonchev–Trinajstić information content (AvgIpc) is 2.54. The number of ether oxygens (including phenoxy) is 2. The maximum Gasteiger partial charge on any atom is 0.256 e. The minimum Gasteiger partial charge on any atom is -0.493 e. The summed E-state index contributed by atoms with van der Waals surface area (Å²) in [6, 6.07) is 7.50. The Balaban J connectivity index is 2.65.